The van der Waals surface area contributed by atoms with Crippen LogP contribution in [-0.4, -0.2) is 24.0 Å². The number of fused-ring (bicyclic) bond motifs is 1. The molecule has 1 heterocycles. The molecule has 162 valence electrons. The first-order chi connectivity index (χ1) is 14.9. The second-order valence-corrected chi connectivity index (χ2v) is 8.47. The van der Waals surface area contributed by atoms with Gasteiger partial charge in [0.15, 0.2) is 0 Å². The molecular weight excluding hydrogens is 396 g/mol. The molecule has 1 unspecified atom stereocenters. The van der Waals surface area contributed by atoms with Crippen LogP contribution in [0.15, 0.2) is 54.7 Å². The molecule has 4 nitrogen and oxygen atoms in total. The van der Waals surface area contributed by atoms with Gasteiger partial charge in [-0.3, -0.25) is 4.90 Å². The lowest BCUT2D eigenvalue weighted by molar-refractivity contribution is 0.0856. The van der Waals surface area contributed by atoms with Crippen LogP contribution >= 0.6 is 0 Å². The summed E-state index contributed by atoms with van der Waals surface area (Å²) in [4.78, 5) is 2.41. The van der Waals surface area contributed by atoms with E-state index in [4.69, 9.17) is 10.00 Å². The molecule has 1 fully saturated rings. The topological polar surface area (TPSA) is 48.3 Å². The molecule has 2 aromatic rings. The summed E-state index contributed by atoms with van der Waals surface area (Å²) < 4.78 is 31.6. The molecule has 2 aliphatic rings. The number of allylic oxidation sites excluding steroid dienone is 1. The summed E-state index contributed by atoms with van der Waals surface area (Å²) in [6.45, 7) is 7.29. The quantitative estimate of drug-likeness (QED) is 0.630. The minimum atomic E-state index is -2.53. The average Bonchev–Trinajstić information content (AvgIpc) is 3.38. The number of halogens is 2. The van der Waals surface area contributed by atoms with E-state index < -0.39 is 11.8 Å². The number of ether oxygens (including phenoxy) is 1. The normalized spacial score (nSPS) is 19.2. The van der Waals surface area contributed by atoms with E-state index in [9.17, 15) is 8.78 Å². The summed E-state index contributed by atoms with van der Waals surface area (Å²) >= 11 is 0. The van der Waals surface area contributed by atoms with Crippen LogP contribution in [0.1, 0.15) is 35.1 Å². The highest BCUT2D eigenvalue weighted by Crippen LogP contribution is 2.48. The largest absolute Gasteiger partial charge is 0.493 e. The third-order valence-corrected chi connectivity index (χ3v) is 5.94. The molecule has 0 amide bonds. The van der Waals surface area contributed by atoms with E-state index in [1.807, 2.05) is 12.1 Å². The van der Waals surface area contributed by atoms with Crippen molar-refractivity contribution in [2.75, 3.05) is 13.2 Å². The lowest BCUT2D eigenvalue weighted by Gasteiger charge is -2.29. The predicted molar refractivity (Wildman–Crippen MR) is 115 cm³/mol. The molecule has 0 spiro atoms. The van der Waals surface area contributed by atoms with Gasteiger partial charge in [0.05, 0.1) is 25.0 Å². The number of hydrogen-bond donors (Lipinski definition) is 1. The molecule has 0 radical (unpaired) electrons. The van der Waals surface area contributed by atoms with Crippen LogP contribution in [0, 0.1) is 17.2 Å². The van der Waals surface area contributed by atoms with Gasteiger partial charge in [0.2, 0.25) is 0 Å². The molecule has 1 saturated carbocycles. The zero-order chi connectivity index (χ0) is 21.8. The van der Waals surface area contributed by atoms with Gasteiger partial charge in [0.25, 0.3) is 5.92 Å². The second kappa shape index (κ2) is 9.07. The summed E-state index contributed by atoms with van der Waals surface area (Å²) in [5.74, 6) is -2.47. The Morgan fingerprint density at radius 1 is 1.19 bits per heavy atom. The first kappa shape index (κ1) is 21.3. The SMILES string of the molecule is C=C(CC#N)NCc1ccc(CN2CCc3cc(OCC4CC4(F)F)ccc3C2)cc1. The lowest BCUT2D eigenvalue weighted by Crippen LogP contribution is -2.30. The number of nitriles is 1. The molecule has 6 heteroatoms. The van der Waals surface area contributed by atoms with Crippen molar-refractivity contribution in [2.24, 2.45) is 5.92 Å². The summed E-state index contributed by atoms with van der Waals surface area (Å²) in [6.07, 6.45) is 1.19. The standard InChI is InChI=1S/C25H27F2N3O/c1-18(8-10-28)29-14-19-2-4-20(5-3-19)15-30-11-9-21-12-24(7-6-22(21)16-30)31-17-23-13-25(23,26)27/h2-7,12,23,29H,1,8-9,11,13-17H2. The number of alkyl halides is 2. The van der Waals surface area contributed by atoms with E-state index in [1.54, 1.807) is 0 Å². The molecule has 31 heavy (non-hydrogen) atoms. The Labute approximate surface area is 182 Å². The predicted octanol–water partition coefficient (Wildman–Crippen LogP) is 4.80. The highest BCUT2D eigenvalue weighted by atomic mass is 19.3. The van der Waals surface area contributed by atoms with Crippen LogP contribution < -0.4 is 10.1 Å². The molecule has 0 saturated heterocycles. The Kier molecular flexibility index (Phi) is 6.24. The Morgan fingerprint density at radius 2 is 1.94 bits per heavy atom. The van der Waals surface area contributed by atoms with Crippen LogP contribution in [0.2, 0.25) is 0 Å². The molecule has 1 aliphatic heterocycles. The third-order valence-electron chi connectivity index (χ3n) is 5.94. The van der Waals surface area contributed by atoms with Gasteiger partial charge in [0.1, 0.15) is 5.75 Å². The minimum Gasteiger partial charge on any atom is -0.493 e. The van der Waals surface area contributed by atoms with E-state index in [2.05, 4.69) is 53.2 Å². The maximum atomic E-state index is 13.0. The summed E-state index contributed by atoms with van der Waals surface area (Å²) in [5.41, 5.74) is 5.66. The molecule has 0 aromatic heterocycles. The summed E-state index contributed by atoms with van der Waals surface area (Å²) in [7, 11) is 0. The van der Waals surface area contributed by atoms with Crippen molar-refractivity contribution >= 4 is 0 Å². The number of nitrogens with zero attached hydrogens (tertiary/aromatic N) is 2. The molecule has 4 rings (SSSR count). The van der Waals surface area contributed by atoms with Gasteiger partial charge < -0.3 is 10.1 Å². The number of hydrogen-bond acceptors (Lipinski definition) is 4. The van der Waals surface area contributed by atoms with Crippen LogP contribution in [0.5, 0.6) is 5.75 Å². The van der Waals surface area contributed by atoms with Crippen molar-refractivity contribution < 1.29 is 13.5 Å². The third kappa shape index (κ3) is 5.62. The van der Waals surface area contributed by atoms with Crippen LogP contribution in [0.4, 0.5) is 8.78 Å². The summed E-state index contributed by atoms with van der Waals surface area (Å²) in [6, 6.07) is 16.5. The van der Waals surface area contributed by atoms with Gasteiger partial charge in [-0.2, -0.15) is 5.26 Å². The Bertz CT molecular complexity index is 981. The Hall–Kier alpha value is -2.91. The maximum absolute atomic E-state index is 13.0. The van der Waals surface area contributed by atoms with E-state index in [0.29, 0.717) is 18.7 Å². The van der Waals surface area contributed by atoms with Gasteiger partial charge in [0, 0.05) is 38.3 Å². The highest BCUT2D eigenvalue weighted by molar-refractivity contribution is 5.37. The number of nitrogens with one attached hydrogen (secondary N) is 1. The zero-order valence-electron chi connectivity index (χ0n) is 17.5. The van der Waals surface area contributed by atoms with Crippen LogP contribution in [0.3, 0.4) is 0 Å². The van der Waals surface area contributed by atoms with E-state index >= 15 is 0 Å². The molecule has 1 aliphatic carbocycles. The first-order valence-corrected chi connectivity index (χ1v) is 10.6. The van der Waals surface area contributed by atoms with E-state index in [1.165, 1.54) is 16.7 Å². The molecule has 0 bridgehead atoms. The van der Waals surface area contributed by atoms with Crippen molar-refractivity contribution in [2.45, 2.75) is 44.8 Å². The smallest absolute Gasteiger partial charge is 0.255 e. The van der Waals surface area contributed by atoms with Gasteiger partial charge in [-0.1, -0.05) is 36.9 Å². The first-order valence-electron chi connectivity index (χ1n) is 10.6. The zero-order valence-corrected chi connectivity index (χ0v) is 17.5. The van der Waals surface area contributed by atoms with Crippen molar-refractivity contribution in [3.8, 4) is 11.8 Å². The fourth-order valence-corrected chi connectivity index (χ4v) is 3.87. The van der Waals surface area contributed by atoms with Gasteiger partial charge >= 0.3 is 0 Å². The van der Waals surface area contributed by atoms with Gasteiger partial charge in [-0.05, 0) is 40.8 Å². The maximum Gasteiger partial charge on any atom is 0.255 e. The number of rotatable bonds is 9. The fourth-order valence-electron chi connectivity index (χ4n) is 3.87. The number of benzene rings is 2. The van der Waals surface area contributed by atoms with Crippen LogP contribution in [-0.2, 0) is 26.1 Å². The van der Waals surface area contributed by atoms with Gasteiger partial charge in [-0.25, -0.2) is 8.78 Å². The fraction of sp³-hybridized carbons (Fsp3) is 0.400. The molecule has 1 atom stereocenters. The Balaban J connectivity index is 1.27. The van der Waals surface area contributed by atoms with Crippen molar-refractivity contribution in [3.63, 3.8) is 0 Å². The summed E-state index contributed by atoms with van der Waals surface area (Å²) in [5, 5.41) is 11.8. The molecule has 1 N–H and O–H groups in total. The molecule has 2 aromatic carbocycles. The van der Waals surface area contributed by atoms with E-state index in [-0.39, 0.29) is 13.0 Å². The van der Waals surface area contributed by atoms with Gasteiger partial charge in [-0.15, -0.1) is 0 Å². The second-order valence-electron chi connectivity index (χ2n) is 8.47. The highest BCUT2D eigenvalue weighted by Gasteiger charge is 2.57. The minimum absolute atomic E-state index is 0.0547. The van der Waals surface area contributed by atoms with Crippen LogP contribution in [0.25, 0.3) is 0 Å². The average molecular weight is 424 g/mol. The van der Waals surface area contributed by atoms with E-state index in [0.717, 1.165) is 37.3 Å². The van der Waals surface area contributed by atoms with Crippen molar-refractivity contribution in [1.82, 2.24) is 10.2 Å². The van der Waals surface area contributed by atoms with Crippen molar-refractivity contribution in [3.05, 3.63) is 77.0 Å². The molecular formula is C25H27F2N3O. The van der Waals surface area contributed by atoms with Crippen molar-refractivity contribution in [1.29, 1.82) is 5.26 Å². The lowest BCUT2D eigenvalue weighted by atomic mass is 9.99. The Morgan fingerprint density at radius 3 is 2.65 bits per heavy atom. The monoisotopic (exact) mass is 423 g/mol.